The van der Waals surface area contributed by atoms with Crippen LogP contribution in [0, 0.1) is 0 Å². The van der Waals surface area contributed by atoms with E-state index in [2.05, 4.69) is 15.3 Å². The van der Waals surface area contributed by atoms with E-state index in [1.54, 1.807) is 30.7 Å². The molecule has 2 aromatic rings. The van der Waals surface area contributed by atoms with Gasteiger partial charge in [0.1, 0.15) is 5.75 Å². The third-order valence-corrected chi connectivity index (χ3v) is 3.00. The first kappa shape index (κ1) is 14.3. The lowest BCUT2D eigenvalue weighted by molar-refractivity contribution is -0.120. The SMILES string of the molecule is O=C(Cc1ccc(O)c(Cl)c1)NCCc1cnccn1. The van der Waals surface area contributed by atoms with Gasteiger partial charge in [-0.1, -0.05) is 17.7 Å². The van der Waals surface area contributed by atoms with E-state index < -0.39 is 0 Å². The number of carbonyl (C=O) groups excluding carboxylic acids is 1. The van der Waals surface area contributed by atoms with Gasteiger partial charge in [0.25, 0.3) is 0 Å². The van der Waals surface area contributed by atoms with Crippen LogP contribution < -0.4 is 5.32 Å². The molecule has 0 saturated carbocycles. The van der Waals surface area contributed by atoms with Gasteiger partial charge in [0.15, 0.2) is 0 Å². The van der Waals surface area contributed by atoms with Crippen molar-refractivity contribution in [3.63, 3.8) is 0 Å². The van der Waals surface area contributed by atoms with Crippen LogP contribution in [0.1, 0.15) is 11.3 Å². The maximum atomic E-state index is 11.7. The Hall–Kier alpha value is -2.14. The van der Waals surface area contributed by atoms with Crippen LogP contribution in [0.2, 0.25) is 5.02 Å². The molecule has 0 radical (unpaired) electrons. The monoisotopic (exact) mass is 291 g/mol. The quantitative estimate of drug-likeness (QED) is 0.880. The second-order valence-corrected chi connectivity index (χ2v) is 4.67. The number of halogens is 1. The van der Waals surface area contributed by atoms with Gasteiger partial charge in [-0.2, -0.15) is 0 Å². The van der Waals surface area contributed by atoms with Crippen LogP contribution in [0.3, 0.4) is 0 Å². The molecule has 0 aliphatic rings. The second kappa shape index (κ2) is 6.86. The van der Waals surface area contributed by atoms with Crippen molar-refractivity contribution >= 4 is 17.5 Å². The molecule has 0 spiro atoms. The second-order valence-electron chi connectivity index (χ2n) is 4.26. The first-order valence-corrected chi connectivity index (χ1v) is 6.52. The van der Waals surface area contributed by atoms with Crippen molar-refractivity contribution in [2.45, 2.75) is 12.8 Å². The van der Waals surface area contributed by atoms with E-state index in [0.29, 0.717) is 13.0 Å². The van der Waals surface area contributed by atoms with Gasteiger partial charge in [0, 0.05) is 31.6 Å². The minimum atomic E-state index is -0.101. The van der Waals surface area contributed by atoms with Crippen molar-refractivity contribution in [3.8, 4) is 5.75 Å². The zero-order valence-electron chi connectivity index (χ0n) is 10.7. The number of hydrogen-bond donors (Lipinski definition) is 2. The van der Waals surface area contributed by atoms with Gasteiger partial charge in [-0.15, -0.1) is 0 Å². The molecule has 6 heteroatoms. The summed E-state index contributed by atoms with van der Waals surface area (Å²) in [6.07, 6.45) is 5.76. The van der Waals surface area contributed by atoms with Gasteiger partial charge in [-0.3, -0.25) is 14.8 Å². The summed E-state index contributed by atoms with van der Waals surface area (Å²) in [6, 6.07) is 4.73. The molecule has 104 valence electrons. The van der Waals surface area contributed by atoms with Crippen LogP contribution in [0.25, 0.3) is 0 Å². The summed E-state index contributed by atoms with van der Waals surface area (Å²) in [6.45, 7) is 0.503. The smallest absolute Gasteiger partial charge is 0.224 e. The summed E-state index contributed by atoms with van der Waals surface area (Å²) in [7, 11) is 0. The topological polar surface area (TPSA) is 75.1 Å². The fourth-order valence-corrected chi connectivity index (χ4v) is 1.90. The minimum absolute atomic E-state index is 0.0125. The molecule has 0 unspecified atom stereocenters. The highest BCUT2D eigenvalue weighted by Crippen LogP contribution is 2.23. The van der Waals surface area contributed by atoms with Gasteiger partial charge in [0.2, 0.25) is 5.91 Å². The Morgan fingerprint density at radius 3 is 2.90 bits per heavy atom. The Kier molecular flexibility index (Phi) is 4.90. The largest absolute Gasteiger partial charge is 0.506 e. The molecule has 2 rings (SSSR count). The molecule has 0 aliphatic carbocycles. The zero-order valence-corrected chi connectivity index (χ0v) is 11.5. The Morgan fingerprint density at radius 1 is 1.35 bits per heavy atom. The molecule has 1 aromatic heterocycles. The molecule has 2 N–H and O–H groups in total. The molecular weight excluding hydrogens is 278 g/mol. The first-order valence-electron chi connectivity index (χ1n) is 6.14. The number of benzene rings is 1. The van der Waals surface area contributed by atoms with Crippen molar-refractivity contribution in [3.05, 3.63) is 53.1 Å². The number of phenols is 1. The lowest BCUT2D eigenvalue weighted by Crippen LogP contribution is -2.27. The molecule has 0 fully saturated rings. The number of hydrogen-bond acceptors (Lipinski definition) is 4. The van der Waals surface area contributed by atoms with Gasteiger partial charge < -0.3 is 10.4 Å². The zero-order chi connectivity index (χ0) is 14.4. The number of rotatable bonds is 5. The predicted molar refractivity (Wildman–Crippen MR) is 75.6 cm³/mol. The van der Waals surface area contributed by atoms with Crippen LogP contribution in [-0.4, -0.2) is 27.5 Å². The summed E-state index contributed by atoms with van der Waals surface area (Å²) in [5, 5.41) is 12.3. The minimum Gasteiger partial charge on any atom is -0.506 e. The van der Waals surface area contributed by atoms with Crippen LogP contribution in [0.4, 0.5) is 0 Å². The van der Waals surface area contributed by atoms with Crippen LogP contribution in [-0.2, 0) is 17.6 Å². The summed E-state index contributed by atoms with van der Waals surface area (Å²) < 4.78 is 0. The number of aromatic nitrogens is 2. The van der Waals surface area contributed by atoms with Crippen molar-refractivity contribution in [1.29, 1.82) is 0 Å². The first-order chi connectivity index (χ1) is 9.65. The fourth-order valence-electron chi connectivity index (χ4n) is 1.70. The van der Waals surface area contributed by atoms with Crippen LogP contribution >= 0.6 is 11.6 Å². The predicted octanol–water partition coefficient (Wildman–Crippen LogP) is 1.74. The molecule has 0 saturated heterocycles. The van der Waals surface area contributed by atoms with E-state index in [0.717, 1.165) is 11.3 Å². The highest BCUT2D eigenvalue weighted by molar-refractivity contribution is 6.32. The molecule has 0 bridgehead atoms. The number of amides is 1. The lowest BCUT2D eigenvalue weighted by atomic mass is 10.1. The maximum Gasteiger partial charge on any atom is 0.224 e. The maximum absolute atomic E-state index is 11.7. The molecule has 1 heterocycles. The van der Waals surface area contributed by atoms with Gasteiger partial charge in [-0.25, -0.2) is 0 Å². The molecule has 20 heavy (non-hydrogen) atoms. The fraction of sp³-hybridized carbons (Fsp3) is 0.214. The number of carbonyl (C=O) groups is 1. The van der Waals surface area contributed by atoms with E-state index >= 15 is 0 Å². The van der Waals surface area contributed by atoms with Crippen molar-refractivity contribution in [2.24, 2.45) is 0 Å². The summed E-state index contributed by atoms with van der Waals surface area (Å²) >= 11 is 5.78. The van der Waals surface area contributed by atoms with E-state index in [4.69, 9.17) is 11.6 Å². The van der Waals surface area contributed by atoms with E-state index in [1.807, 2.05) is 0 Å². The van der Waals surface area contributed by atoms with Gasteiger partial charge >= 0.3 is 0 Å². The van der Waals surface area contributed by atoms with Crippen molar-refractivity contribution in [1.82, 2.24) is 15.3 Å². The number of phenolic OH excluding ortho intramolecular Hbond substituents is 1. The standard InChI is InChI=1S/C14H14ClN3O2/c15-12-7-10(1-2-13(12)19)8-14(20)18-4-3-11-9-16-5-6-17-11/h1-2,5-7,9,19H,3-4,8H2,(H,18,20). The average molecular weight is 292 g/mol. The van der Waals surface area contributed by atoms with E-state index in [1.165, 1.54) is 6.07 Å². The highest BCUT2D eigenvalue weighted by Gasteiger charge is 2.06. The molecular formula is C14H14ClN3O2. The Labute approximate surface area is 121 Å². The summed E-state index contributed by atoms with van der Waals surface area (Å²) in [5.74, 6) is -0.0888. The highest BCUT2D eigenvalue weighted by atomic mass is 35.5. The average Bonchev–Trinajstić information content (AvgIpc) is 2.44. The Morgan fingerprint density at radius 2 is 2.20 bits per heavy atom. The Bertz CT molecular complexity index is 590. The van der Waals surface area contributed by atoms with Crippen molar-refractivity contribution in [2.75, 3.05) is 6.54 Å². The molecule has 0 aliphatic heterocycles. The van der Waals surface area contributed by atoms with Gasteiger partial charge in [0.05, 0.1) is 17.1 Å². The summed E-state index contributed by atoms with van der Waals surface area (Å²) in [4.78, 5) is 19.8. The number of nitrogens with zero attached hydrogens (tertiary/aromatic N) is 2. The molecule has 5 nitrogen and oxygen atoms in total. The molecule has 1 amide bonds. The van der Waals surface area contributed by atoms with Crippen LogP contribution in [0.5, 0.6) is 5.75 Å². The third kappa shape index (κ3) is 4.20. The van der Waals surface area contributed by atoms with Crippen molar-refractivity contribution < 1.29 is 9.90 Å². The third-order valence-electron chi connectivity index (χ3n) is 2.70. The Balaban J connectivity index is 1.79. The van der Waals surface area contributed by atoms with E-state index in [9.17, 15) is 9.90 Å². The summed E-state index contributed by atoms with van der Waals surface area (Å²) in [5.41, 5.74) is 1.59. The molecule has 0 atom stereocenters. The molecule has 1 aromatic carbocycles. The number of aromatic hydroxyl groups is 1. The van der Waals surface area contributed by atoms with Gasteiger partial charge in [-0.05, 0) is 17.7 Å². The normalized spacial score (nSPS) is 10.2. The van der Waals surface area contributed by atoms with Crippen LogP contribution in [0.15, 0.2) is 36.8 Å². The number of nitrogens with one attached hydrogen (secondary N) is 1. The van der Waals surface area contributed by atoms with E-state index in [-0.39, 0.29) is 23.1 Å². The lowest BCUT2D eigenvalue weighted by Gasteiger charge is -2.06.